The van der Waals surface area contributed by atoms with Crippen molar-refractivity contribution in [1.29, 1.82) is 0 Å². The lowest BCUT2D eigenvalue weighted by Crippen LogP contribution is -2.35. The van der Waals surface area contributed by atoms with Gasteiger partial charge in [0, 0.05) is 42.2 Å². The number of hydrogen-bond acceptors (Lipinski definition) is 6. The molecule has 1 aliphatic rings. The highest BCUT2D eigenvalue weighted by Crippen LogP contribution is 2.28. The number of fused-ring (bicyclic) bond motifs is 1. The Morgan fingerprint density at radius 2 is 1.65 bits per heavy atom. The van der Waals surface area contributed by atoms with Gasteiger partial charge in [0.15, 0.2) is 0 Å². The number of sulfonamides is 1. The summed E-state index contributed by atoms with van der Waals surface area (Å²) in [6, 6.07) is 14.0. The Bertz CT molecular complexity index is 1300. The number of thiophene rings is 1. The second-order valence-corrected chi connectivity index (χ2v) is 10.8. The molecule has 0 aliphatic carbocycles. The quantitative estimate of drug-likeness (QED) is 0.412. The zero-order valence-electron chi connectivity index (χ0n) is 18.4. The molecule has 0 fully saturated rings. The van der Waals surface area contributed by atoms with Crippen molar-refractivity contribution in [2.45, 2.75) is 24.3 Å². The molecule has 0 unspecified atom stereocenters. The van der Waals surface area contributed by atoms with Gasteiger partial charge < -0.3 is 15.7 Å². The highest BCUT2D eigenvalue weighted by atomic mass is 32.2. The average molecular weight is 500 g/mol. The van der Waals surface area contributed by atoms with E-state index < -0.39 is 10.0 Å². The molecule has 1 aromatic heterocycles. The van der Waals surface area contributed by atoms with Crippen molar-refractivity contribution in [3.63, 3.8) is 0 Å². The summed E-state index contributed by atoms with van der Waals surface area (Å²) in [5.41, 5.74) is 1.65. The second-order valence-electron chi connectivity index (χ2n) is 7.90. The molecule has 2 heterocycles. The van der Waals surface area contributed by atoms with Crippen LogP contribution in [0.3, 0.4) is 0 Å². The molecule has 0 radical (unpaired) electrons. The summed E-state index contributed by atoms with van der Waals surface area (Å²) < 4.78 is 27.7. The minimum absolute atomic E-state index is 0.0145. The Hall–Kier alpha value is -3.21. The molecule has 0 bridgehead atoms. The van der Waals surface area contributed by atoms with Crippen LogP contribution < -0.4 is 10.6 Å². The van der Waals surface area contributed by atoms with Crippen LogP contribution in [0.25, 0.3) is 0 Å². The molecule has 8 nitrogen and oxygen atoms in total. The SMILES string of the molecule is O=C(NCCCNC(=O)c1cccc(S(=O)(=O)N2CCc3sccc3C2)c1)c1cccc(O)c1. The van der Waals surface area contributed by atoms with Gasteiger partial charge in [-0.15, -0.1) is 11.3 Å². The van der Waals surface area contributed by atoms with Crippen molar-refractivity contribution < 1.29 is 23.1 Å². The van der Waals surface area contributed by atoms with Crippen LogP contribution in [-0.2, 0) is 23.0 Å². The third-order valence-electron chi connectivity index (χ3n) is 5.54. The normalized spacial score (nSPS) is 13.8. The average Bonchev–Trinajstić information content (AvgIpc) is 3.32. The zero-order chi connectivity index (χ0) is 24.1. The van der Waals surface area contributed by atoms with E-state index in [1.165, 1.54) is 33.4 Å². The number of nitrogens with zero attached hydrogens (tertiary/aromatic N) is 1. The summed E-state index contributed by atoms with van der Waals surface area (Å²) in [4.78, 5) is 25.9. The van der Waals surface area contributed by atoms with Crippen LogP contribution >= 0.6 is 11.3 Å². The van der Waals surface area contributed by atoms with Gasteiger partial charge >= 0.3 is 0 Å². The van der Waals surface area contributed by atoms with E-state index in [2.05, 4.69) is 10.6 Å². The third-order valence-corrected chi connectivity index (χ3v) is 8.40. The van der Waals surface area contributed by atoms with E-state index in [0.29, 0.717) is 44.6 Å². The largest absolute Gasteiger partial charge is 0.508 e. The Labute approximate surface area is 202 Å². The number of phenolic OH excluding ortho intramolecular Hbond substituents is 1. The first-order valence-electron chi connectivity index (χ1n) is 10.9. The number of rotatable bonds is 8. The lowest BCUT2D eigenvalue weighted by Gasteiger charge is -2.26. The van der Waals surface area contributed by atoms with Crippen LogP contribution in [0.2, 0.25) is 0 Å². The van der Waals surface area contributed by atoms with Crippen molar-refractivity contribution in [2.75, 3.05) is 19.6 Å². The van der Waals surface area contributed by atoms with Crippen LogP contribution in [0.4, 0.5) is 0 Å². The summed E-state index contributed by atoms with van der Waals surface area (Å²) >= 11 is 1.64. The van der Waals surface area contributed by atoms with Crippen molar-refractivity contribution in [2.24, 2.45) is 0 Å². The van der Waals surface area contributed by atoms with Gasteiger partial charge in [-0.2, -0.15) is 4.31 Å². The molecular formula is C24H25N3O5S2. The van der Waals surface area contributed by atoms with Crippen molar-refractivity contribution >= 4 is 33.2 Å². The molecule has 0 spiro atoms. The smallest absolute Gasteiger partial charge is 0.251 e. The topological polar surface area (TPSA) is 116 Å². The fourth-order valence-corrected chi connectivity index (χ4v) is 6.07. The van der Waals surface area contributed by atoms with Crippen LogP contribution in [0, 0.1) is 0 Å². The summed E-state index contributed by atoms with van der Waals surface area (Å²) in [6.45, 7) is 1.40. The molecule has 4 rings (SSSR count). The molecule has 34 heavy (non-hydrogen) atoms. The number of carbonyl (C=O) groups excluding carboxylic acids is 2. The van der Waals surface area contributed by atoms with E-state index in [9.17, 15) is 23.1 Å². The van der Waals surface area contributed by atoms with Gasteiger partial charge in [-0.1, -0.05) is 12.1 Å². The van der Waals surface area contributed by atoms with E-state index in [1.54, 1.807) is 35.6 Å². The van der Waals surface area contributed by atoms with Gasteiger partial charge in [-0.25, -0.2) is 8.42 Å². The number of aromatic hydroxyl groups is 1. The molecule has 0 saturated heterocycles. The van der Waals surface area contributed by atoms with E-state index in [0.717, 1.165) is 5.56 Å². The molecule has 0 saturated carbocycles. The summed E-state index contributed by atoms with van der Waals surface area (Å²) in [7, 11) is -3.71. The van der Waals surface area contributed by atoms with Gasteiger partial charge in [0.25, 0.3) is 11.8 Å². The Kier molecular flexibility index (Phi) is 7.30. The third kappa shape index (κ3) is 5.46. The Balaban J connectivity index is 1.29. The highest BCUT2D eigenvalue weighted by Gasteiger charge is 2.29. The standard InChI is InChI=1S/C24H25N3O5S2/c28-20-6-1-4-17(14-20)23(29)25-10-3-11-26-24(30)18-5-2-7-21(15-18)34(31,32)27-12-8-22-19(16-27)9-13-33-22/h1-2,4-7,9,13-15,28H,3,8,10-12,16H2,(H,25,29)(H,26,30). The first-order valence-corrected chi connectivity index (χ1v) is 13.2. The molecule has 10 heteroatoms. The number of phenols is 1. The van der Waals surface area contributed by atoms with Gasteiger partial charge in [-0.3, -0.25) is 9.59 Å². The summed E-state index contributed by atoms with van der Waals surface area (Å²) in [6.07, 6.45) is 1.18. The van der Waals surface area contributed by atoms with Crippen LogP contribution in [0.1, 0.15) is 37.6 Å². The van der Waals surface area contributed by atoms with Gasteiger partial charge in [0.1, 0.15) is 5.75 Å². The first kappa shape index (κ1) is 23.9. The molecular weight excluding hydrogens is 474 g/mol. The fraction of sp³-hybridized carbons (Fsp3) is 0.250. The molecule has 2 aromatic carbocycles. The molecule has 178 valence electrons. The minimum Gasteiger partial charge on any atom is -0.508 e. The maximum Gasteiger partial charge on any atom is 0.251 e. The maximum absolute atomic E-state index is 13.1. The summed E-state index contributed by atoms with van der Waals surface area (Å²) in [5, 5.41) is 16.9. The van der Waals surface area contributed by atoms with Crippen LogP contribution in [0.15, 0.2) is 64.9 Å². The maximum atomic E-state index is 13.1. The predicted molar refractivity (Wildman–Crippen MR) is 129 cm³/mol. The lowest BCUT2D eigenvalue weighted by atomic mass is 10.1. The Morgan fingerprint density at radius 3 is 2.35 bits per heavy atom. The molecule has 0 atom stereocenters. The number of amides is 2. The fourth-order valence-electron chi connectivity index (χ4n) is 3.72. The van der Waals surface area contributed by atoms with Crippen LogP contribution in [0.5, 0.6) is 5.75 Å². The van der Waals surface area contributed by atoms with Crippen molar-refractivity contribution in [3.05, 3.63) is 81.5 Å². The predicted octanol–water partition coefficient (Wildman–Crippen LogP) is 2.75. The van der Waals surface area contributed by atoms with E-state index in [1.807, 2.05) is 11.4 Å². The van der Waals surface area contributed by atoms with E-state index in [-0.39, 0.29) is 28.0 Å². The molecule has 3 aromatic rings. The second kappa shape index (κ2) is 10.4. The number of hydrogen-bond donors (Lipinski definition) is 3. The zero-order valence-corrected chi connectivity index (χ0v) is 20.0. The lowest BCUT2D eigenvalue weighted by molar-refractivity contribution is 0.0951. The molecule has 2 amide bonds. The van der Waals surface area contributed by atoms with Crippen molar-refractivity contribution in [1.82, 2.24) is 14.9 Å². The minimum atomic E-state index is -3.71. The van der Waals surface area contributed by atoms with E-state index in [4.69, 9.17) is 0 Å². The first-order chi connectivity index (χ1) is 16.3. The Morgan fingerprint density at radius 1 is 0.971 bits per heavy atom. The highest BCUT2D eigenvalue weighted by molar-refractivity contribution is 7.89. The van der Waals surface area contributed by atoms with E-state index >= 15 is 0 Å². The van der Waals surface area contributed by atoms with Gasteiger partial charge in [-0.05, 0) is 66.2 Å². The van der Waals surface area contributed by atoms with Crippen LogP contribution in [-0.4, -0.2) is 49.3 Å². The molecule has 3 N–H and O–H groups in total. The monoisotopic (exact) mass is 499 g/mol. The number of carbonyl (C=O) groups is 2. The van der Waals surface area contributed by atoms with Gasteiger partial charge in [0.2, 0.25) is 10.0 Å². The number of nitrogens with one attached hydrogen (secondary N) is 2. The van der Waals surface area contributed by atoms with Gasteiger partial charge in [0.05, 0.1) is 4.90 Å². The number of benzene rings is 2. The van der Waals surface area contributed by atoms with Crippen molar-refractivity contribution in [3.8, 4) is 5.75 Å². The summed E-state index contributed by atoms with van der Waals surface area (Å²) in [5.74, 6) is -0.678. The molecule has 1 aliphatic heterocycles.